The van der Waals surface area contributed by atoms with Crippen LogP contribution in [0.4, 0.5) is 13.2 Å². The number of ether oxygens (including phenoxy) is 1. The number of nitriles is 1. The first-order valence-electron chi connectivity index (χ1n) is 6.20. The lowest BCUT2D eigenvalue weighted by molar-refractivity contribution is -0.137. The van der Waals surface area contributed by atoms with Gasteiger partial charge in [-0.1, -0.05) is 6.92 Å². The van der Waals surface area contributed by atoms with E-state index in [9.17, 15) is 13.2 Å². The second-order valence-electron chi connectivity index (χ2n) is 4.29. The Kier molecular flexibility index (Phi) is 6.21. The third kappa shape index (κ3) is 4.34. The van der Waals surface area contributed by atoms with Crippen molar-refractivity contribution in [3.8, 4) is 11.2 Å². The summed E-state index contributed by atoms with van der Waals surface area (Å²) in [5.74, 6) is 1.01. The van der Waals surface area contributed by atoms with Crippen LogP contribution in [-0.2, 0) is 6.18 Å². The van der Waals surface area contributed by atoms with Gasteiger partial charge in [-0.05, 0) is 54.3 Å². The van der Waals surface area contributed by atoms with Crippen molar-refractivity contribution < 1.29 is 17.9 Å². The van der Waals surface area contributed by atoms with Crippen LogP contribution in [0, 0.1) is 10.7 Å². The summed E-state index contributed by atoms with van der Waals surface area (Å²) in [7, 11) is 1.45. The lowest BCUT2D eigenvalue weighted by Gasteiger charge is -2.19. The van der Waals surface area contributed by atoms with Crippen molar-refractivity contribution in [2.75, 3.05) is 12.9 Å². The van der Waals surface area contributed by atoms with Crippen LogP contribution in [-0.4, -0.2) is 12.9 Å². The maximum Gasteiger partial charge on any atom is 0.416 e. The third-order valence-corrected chi connectivity index (χ3v) is 3.69. The molecule has 2 nitrogen and oxygen atoms in total. The van der Waals surface area contributed by atoms with Gasteiger partial charge >= 0.3 is 6.18 Å². The van der Waals surface area contributed by atoms with E-state index in [0.717, 1.165) is 23.9 Å². The first kappa shape index (κ1) is 16.7. The first-order valence-corrected chi connectivity index (χ1v) is 7.18. The molecule has 0 radical (unpaired) electrons. The molecule has 0 aliphatic carbocycles. The molecule has 0 heterocycles. The largest absolute Gasteiger partial charge is 0.496 e. The molecule has 0 aliphatic heterocycles. The Balaban J connectivity index is 3.08. The summed E-state index contributed by atoms with van der Waals surface area (Å²) in [6.45, 7) is 1.92. The van der Waals surface area contributed by atoms with Crippen molar-refractivity contribution >= 4 is 11.8 Å². The van der Waals surface area contributed by atoms with Gasteiger partial charge in [0.15, 0.2) is 0 Å². The summed E-state index contributed by atoms with van der Waals surface area (Å²) in [4.78, 5) is 0. The van der Waals surface area contributed by atoms with E-state index in [1.807, 2.05) is 12.3 Å². The summed E-state index contributed by atoms with van der Waals surface area (Å²) in [5, 5.41) is 10.5. The first-order chi connectivity index (χ1) is 9.43. The van der Waals surface area contributed by atoms with Gasteiger partial charge in [0.2, 0.25) is 0 Å². The lowest BCUT2D eigenvalue weighted by atomic mass is 9.91. The highest BCUT2D eigenvalue weighted by Crippen LogP contribution is 2.37. The number of hydrogen-bond acceptors (Lipinski definition) is 3. The second-order valence-corrected chi connectivity index (χ2v) is 5.17. The number of halogens is 3. The number of benzene rings is 1. The van der Waals surface area contributed by atoms with Crippen LogP contribution in [0.15, 0.2) is 18.2 Å². The summed E-state index contributed by atoms with van der Waals surface area (Å²) < 4.78 is 43.5. The molecular weight excluding hydrogens is 287 g/mol. The number of thiocyanates is 1. The smallest absolute Gasteiger partial charge is 0.416 e. The van der Waals surface area contributed by atoms with Gasteiger partial charge < -0.3 is 4.74 Å². The molecular formula is C14H16F3NOS. The standard InChI is InChI=1S/C14H16F3NOS/c1-3-10(6-7-20-9-18)12-8-11(14(15,16)17)4-5-13(12)19-2/h4-5,8,10H,3,6-7H2,1-2H3. The zero-order valence-corrected chi connectivity index (χ0v) is 12.1. The van der Waals surface area contributed by atoms with Crippen LogP contribution >= 0.6 is 11.8 Å². The number of alkyl halides is 3. The van der Waals surface area contributed by atoms with E-state index in [4.69, 9.17) is 10.00 Å². The Morgan fingerprint density at radius 2 is 2.10 bits per heavy atom. The molecule has 20 heavy (non-hydrogen) atoms. The quantitative estimate of drug-likeness (QED) is 0.558. The van der Waals surface area contributed by atoms with Gasteiger partial charge in [-0.15, -0.1) is 0 Å². The van der Waals surface area contributed by atoms with E-state index >= 15 is 0 Å². The van der Waals surface area contributed by atoms with Crippen molar-refractivity contribution in [2.45, 2.75) is 31.9 Å². The molecule has 0 aliphatic rings. The maximum atomic E-state index is 12.8. The molecule has 1 rings (SSSR count). The number of nitrogens with zero attached hydrogens (tertiary/aromatic N) is 1. The van der Waals surface area contributed by atoms with E-state index in [-0.39, 0.29) is 5.92 Å². The van der Waals surface area contributed by atoms with Crippen molar-refractivity contribution in [1.29, 1.82) is 5.26 Å². The van der Waals surface area contributed by atoms with Crippen molar-refractivity contribution in [3.63, 3.8) is 0 Å². The van der Waals surface area contributed by atoms with Gasteiger partial charge in [0, 0.05) is 5.75 Å². The van der Waals surface area contributed by atoms with Gasteiger partial charge in [0.25, 0.3) is 0 Å². The van der Waals surface area contributed by atoms with Crippen molar-refractivity contribution in [2.24, 2.45) is 0 Å². The van der Waals surface area contributed by atoms with Gasteiger partial charge in [-0.25, -0.2) is 0 Å². The fourth-order valence-electron chi connectivity index (χ4n) is 2.06. The average molecular weight is 303 g/mol. The number of hydrogen-bond donors (Lipinski definition) is 0. The summed E-state index contributed by atoms with van der Waals surface area (Å²) in [5.41, 5.74) is -0.108. The molecule has 0 saturated carbocycles. The van der Waals surface area contributed by atoms with E-state index in [1.165, 1.54) is 13.2 Å². The highest BCUT2D eigenvalue weighted by Gasteiger charge is 2.31. The Bertz CT molecular complexity index is 482. The lowest BCUT2D eigenvalue weighted by Crippen LogP contribution is -2.08. The maximum absolute atomic E-state index is 12.8. The predicted octanol–water partition coefficient (Wildman–Crippen LogP) is 4.81. The molecule has 0 aromatic heterocycles. The highest BCUT2D eigenvalue weighted by atomic mass is 32.2. The molecule has 1 unspecified atom stereocenters. The topological polar surface area (TPSA) is 33.0 Å². The minimum atomic E-state index is -4.36. The molecule has 110 valence electrons. The van der Waals surface area contributed by atoms with Crippen LogP contribution < -0.4 is 4.74 Å². The zero-order valence-electron chi connectivity index (χ0n) is 11.3. The van der Waals surface area contributed by atoms with Crippen LogP contribution in [0.5, 0.6) is 5.75 Å². The summed E-state index contributed by atoms with van der Waals surface area (Å²) in [6.07, 6.45) is -3.02. The molecule has 1 atom stereocenters. The minimum Gasteiger partial charge on any atom is -0.496 e. The molecule has 0 amide bonds. The molecule has 0 bridgehead atoms. The van der Waals surface area contributed by atoms with Crippen molar-refractivity contribution in [3.05, 3.63) is 29.3 Å². The predicted molar refractivity (Wildman–Crippen MR) is 73.7 cm³/mol. The van der Waals surface area contributed by atoms with Crippen LogP contribution in [0.25, 0.3) is 0 Å². The zero-order chi connectivity index (χ0) is 15.2. The molecule has 0 saturated heterocycles. The van der Waals surface area contributed by atoms with Crippen molar-refractivity contribution in [1.82, 2.24) is 0 Å². The fraction of sp³-hybridized carbons (Fsp3) is 0.500. The number of rotatable bonds is 6. The van der Waals surface area contributed by atoms with E-state index in [0.29, 0.717) is 29.9 Å². The van der Waals surface area contributed by atoms with Gasteiger partial charge in [0.05, 0.1) is 12.7 Å². The molecule has 1 aromatic rings. The normalized spacial score (nSPS) is 12.8. The van der Waals surface area contributed by atoms with E-state index in [2.05, 4.69) is 0 Å². The monoisotopic (exact) mass is 303 g/mol. The molecule has 0 N–H and O–H groups in total. The molecule has 0 fully saturated rings. The van der Waals surface area contributed by atoms with Gasteiger partial charge in [0.1, 0.15) is 11.2 Å². The Morgan fingerprint density at radius 3 is 2.60 bits per heavy atom. The Labute approximate surface area is 120 Å². The van der Waals surface area contributed by atoms with Gasteiger partial charge in [-0.2, -0.15) is 18.4 Å². The highest BCUT2D eigenvalue weighted by molar-refractivity contribution is 8.03. The Morgan fingerprint density at radius 1 is 1.40 bits per heavy atom. The van der Waals surface area contributed by atoms with Crippen LogP contribution in [0.2, 0.25) is 0 Å². The molecule has 1 aromatic carbocycles. The van der Waals surface area contributed by atoms with E-state index < -0.39 is 11.7 Å². The third-order valence-electron chi connectivity index (χ3n) is 3.12. The average Bonchev–Trinajstić information content (AvgIpc) is 2.42. The fourth-order valence-corrected chi connectivity index (χ4v) is 2.55. The summed E-state index contributed by atoms with van der Waals surface area (Å²) >= 11 is 1.11. The van der Waals surface area contributed by atoms with Crippen LogP contribution in [0.3, 0.4) is 0 Å². The van der Waals surface area contributed by atoms with E-state index in [1.54, 1.807) is 0 Å². The molecule has 0 spiro atoms. The molecule has 6 heteroatoms. The summed E-state index contributed by atoms with van der Waals surface area (Å²) in [6, 6.07) is 3.54. The SMILES string of the molecule is CCC(CCSC#N)c1cc(C(F)(F)F)ccc1OC. The minimum absolute atomic E-state index is 0.0481. The Hall–Kier alpha value is -1.35. The second kappa shape index (κ2) is 7.44. The number of methoxy groups -OCH3 is 1. The van der Waals surface area contributed by atoms with Gasteiger partial charge in [-0.3, -0.25) is 0 Å². The number of thioether (sulfide) groups is 1. The van der Waals surface area contributed by atoms with Crippen LogP contribution in [0.1, 0.15) is 36.8 Å².